The SMILES string of the molecule is C/C=C(\CC)C(=O)NN(CC)CC. The minimum Gasteiger partial charge on any atom is -0.285 e. The van der Waals surface area contributed by atoms with Crippen molar-refractivity contribution >= 4 is 5.91 Å². The van der Waals surface area contributed by atoms with Crippen LogP contribution in [0.15, 0.2) is 11.6 Å². The van der Waals surface area contributed by atoms with E-state index < -0.39 is 0 Å². The molecule has 0 rings (SSSR count). The van der Waals surface area contributed by atoms with Crippen LogP contribution in [0.4, 0.5) is 0 Å². The van der Waals surface area contributed by atoms with Crippen molar-refractivity contribution in [3.8, 4) is 0 Å². The molecule has 0 aliphatic rings. The van der Waals surface area contributed by atoms with Crippen LogP contribution in [0.3, 0.4) is 0 Å². The predicted molar refractivity (Wildman–Crippen MR) is 55.1 cm³/mol. The van der Waals surface area contributed by atoms with Crippen molar-refractivity contribution in [1.82, 2.24) is 10.4 Å². The van der Waals surface area contributed by atoms with Crippen molar-refractivity contribution in [3.05, 3.63) is 11.6 Å². The lowest BCUT2D eigenvalue weighted by atomic mass is 10.2. The van der Waals surface area contributed by atoms with Crippen LogP contribution in [0, 0.1) is 0 Å². The Balaban J connectivity index is 4.12. The largest absolute Gasteiger partial charge is 0.285 e. The highest BCUT2D eigenvalue weighted by atomic mass is 16.2. The first kappa shape index (κ1) is 12.2. The molecule has 0 saturated carbocycles. The van der Waals surface area contributed by atoms with Crippen LogP contribution in [-0.4, -0.2) is 24.0 Å². The lowest BCUT2D eigenvalue weighted by molar-refractivity contribution is -0.122. The normalized spacial score (nSPS) is 11.9. The number of carbonyl (C=O) groups excluding carboxylic acids is 1. The molecule has 0 bridgehead atoms. The first-order valence-electron chi connectivity index (χ1n) is 4.90. The van der Waals surface area contributed by atoms with Crippen molar-refractivity contribution in [3.63, 3.8) is 0 Å². The standard InChI is InChI=1S/C10H20N2O/c1-5-9(6-2)10(13)11-12(7-3)8-4/h5H,6-8H2,1-4H3,(H,11,13)/b9-5+. The summed E-state index contributed by atoms with van der Waals surface area (Å²) in [4.78, 5) is 11.5. The predicted octanol–water partition coefficient (Wildman–Crippen LogP) is 1.72. The summed E-state index contributed by atoms with van der Waals surface area (Å²) in [5.41, 5.74) is 3.68. The number of nitrogens with zero attached hydrogens (tertiary/aromatic N) is 1. The van der Waals surface area contributed by atoms with E-state index in [0.29, 0.717) is 0 Å². The van der Waals surface area contributed by atoms with Crippen LogP contribution in [0.2, 0.25) is 0 Å². The van der Waals surface area contributed by atoms with E-state index in [1.165, 1.54) is 0 Å². The molecule has 1 amide bonds. The zero-order valence-corrected chi connectivity index (χ0v) is 9.05. The number of carbonyl (C=O) groups is 1. The van der Waals surface area contributed by atoms with E-state index in [9.17, 15) is 4.79 Å². The molecule has 0 spiro atoms. The van der Waals surface area contributed by atoms with Crippen LogP contribution in [0.25, 0.3) is 0 Å². The van der Waals surface area contributed by atoms with Gasteiger partial charge in [0.1, 0.15) is 0 Å². The van der Waals surface area contributed by atoms with Gasteiger partial charge in [-0.15, -0.1) is 0 Å². The van der Waals surface area contributed by atoms with Gasteiger partial charge in [-0.1, -0.05) is 26.8 Å². The second-order valence-corrected chi connectivity index (χ2v) is 2.78. The second-order valence-electron chi connectivity index (χ2n) is 2.78. The Bertz CT molecular complexity index is 183. The molecule has 3 nitrogen and oxygen atoms in total. The van der Waals surface area contributed by atoms with Crippen LogP contribution in [0.1, 0.15) is 34.1 Å². The van der Waals surface area contributed by atoms with Crippen molar-refractivity contribution in [2.24, 2.45) is 0 Å². The molecule has 1 N–H and O–H groups in total. The maximum absolute atomic E-state index is 11.5. The zero-order chi connectivity index (χ0) is 10.3. The molecular weight excluding hydrogens is 164 g/mol. The number of allylic oxidation sites excluding steroid dienone is 1. The number of hydrogen-bond donors (Lipinski definition) is 1. The first-order valence-corrected chi connectivity index (χ1v) is 4.90. The molecule has 0 aromatic rings. The number of nitrogens with one attached hydrogen (secondary N) is 1. The van der Waals surface area contributed by atoms with Crippen LogP contribution in [-0.2, 0) is 4.79 Å². The fraction of sp³-hybridized carbons (Fsp3) is 0.700. The third-order valence-electron chi connectivity index (χ3n) is 2.04. The molecule has 0 unspecified atom stereocenters. The topological polar surface area (TPSA) is 32.3 Å². The maximum atomic E-state index is 11.5. The highest BCUT2D eigenvalue weighted by Crippen LogP contribution is 1.99. The van der Waals surface area contributed by atoms with Gasteiger partial charge in [0, 0.05) is 18.7 Å². The molecule has 0 atom stereocenters. The highest BCUT2D eigenvalue weighted by molar-refractivity contribution is 5.92. The Morgan fingerprint density at radius 2 is 1.85 bits per heavy atom. The molecule has 0 aliphatic carbocycles. The summed E-state index contributed by atoms with van der Waals surface area (Å²) in [6.07, 6.45) is 2.64. The summed E-state index contributed by atoms with van der Waals surface area (Å²) in [7, 11) is 0. The Kier molecular flexibility index (Phi) is 6.24. The summed E-state index contributed by atoms with van der Waals surface area (Å²) in [6.45, 7) is 9.58. The van der Waals surface area contributed by atoms with Gasteiger partial charge in [-0.05, 0) is 13.3 Å². The number of hydrogen-bond acceptors (Lipinski definition) is 2. The van der Waals surface area contributed by atoms with E-state index >= 15 is 0 Å². The van der Waals surface area contributed by atoms with Gasteiger partial charge in [0.25, 0.3) is 5.91 Å². The molecule has 0 radical (unpaired) electrons. The van der Waals surface area contributed by atoms with Crippen LogP contribution < -0.4 is 5.43 Å². The summed E-state index contributed by atoms with van der Waals surface area (Å²) in [5.74, 6) is 0.0219. The Morgan fingerprint density at radius 1 is 1.31 bits per heavy atom. The van der Waals surface area contributed by atoms with Gasteiger partial charge in [-0.25, -0.2) is 5.01 Å². The average molecular weight is 184 g/mol. The lowest BCUT2D eigenvalue weighted by Crippen LogP contribution is -2.42. The van der Waals surface area contributed by atoms with Gasteiger partial charge in [0.15, 0.2) is 0 Å². The van der Waals surface area contributed by atoms with Crippen LogP contribution in [0.5, 0.6) is 0 Å². The molecule has 0 heterocycles. The minimum absolute atomic E-state index is 0.0219. The highest BCUT2D eigenvalue weighted by Gasteiger charge is 2.08. The van der Waals surface area contributed by atoms with E-state index in [4.69, 9.17) is 0 Å². The van der Waals surface area contributed by atoms with Crippen LogP contribution >= 0.6 is 0 Å². The summed E-state index contributed by atoms with van der Waals surface area (Å²) in [5, 5.41) is 1.89. The van der Waals surface area contributed by atoms with E-state index in [-0.39, 0.29) is 5.91 Å². The zero-order valence-electron chi connectivity index (χ0n) is 9.05. The Labute approximate surface area is 80.8 Å². The third kappa shape index (κ3) is 4.08. The quantitative estimate of drug-likeness (QED) is 0.521. The summed E-state index contributed by atoms with van der Waals surface area (Å²) >= 11 is 0. The van der Waals surface area contributed by atoms with Crippen molar-refractivity contribution < 1.29 is 4.79 Å². The molecule has 0 aromatic carbocycles. The summed E-state index contributed by atoms with van der Waals surface area (Å²) < 4.78 is 0. The van der Waals surface area contributed by atoms with Gasteiger partial charge in [-0.3, -0.25) is 10.2 Å². The molecule has 3 heteroatoms. The molecule has 0 saturated heterocycles. The van der Waals surface area contributed by atoms with E-state index in [1.54, 1.807) is 0 Å². The van der Waals surface area contributed by atoms with Gasteiger partial charge in [0.2, 0.25) is 0 Å². The second kappa shape index (κ2) is 6.66. The average Bonchev–Trinajstić information content (AvgIpc) is 2.16. The van der Waals surface area contributed by atoms with Gasteiger partial charge < -0.3 is 0 Å². The molecule has 76 valence electrons. The van der Waals surface area contributed by atoms with Gasteiger partial charge in [0.05, 0.1) is 0 Å². The Morgan fingerprint density at radius 3 is 2.15 bits per heavy atom. The Hall–Kier alpha value is -0.830. The van der Waals surface area contributed by atoms with Gasteiger partial charge in [-0.2, -0.15) is 0 Å². The van der Waals surface area contributed by atoms with Gasteiger partial charge >= 0.3 is 0 Å². The van der Waals surface area contributed by atoms with Crippen molar-refractivity contribution in [1.29, 1.82) is 0 Å². The number of amides is 1. The molecule has 13 heavy (non-hydrogen) atoms. The molecular formula is C10H20N2O. The van der Waals surface area contributed by atoms with Crippen molar-refractivity contribution in [2.45, 2.75) is 34.1 Å². The number of rotatable bonds is 5. The number of hydrazine groups is 1. The monoisotopic (exact) mass is 184 g/mol. The van der Waals surface area contributed by atoms with Crippen molar-refractivity contribution in [2.75, 3.05) is 13.1 Å². The fourth-order valence-corrected chi connectivity index (χ4v) is 1.09. The summed E-state index contributed by atoms with van der Waals surface area (Å²) in [6, 6.07) is 0. The first-order chi connectivity index (χ1) is 6.19. The van der Waals surface area contributed by atoms with E-state index in [0.717, 1.165) is 25.1 Å². The van der Waals surface area contributed by atoms with E-state index in [2.05, 4.69) is 5.43 Å². The third-order valence-corrected chi connectivity index (χ3v) is 2.04. The van der Waals surface area contributed by atoms with E-state index in [1.807, 2.05) is 38.8 Å². The smallest absolute Gasteiger partial charge is 0.261 e. The molecule has 0 aliphatic heterocycles. The molecule has 0 aromatic heterocycles. The fourth-order valence-electron chi connectivity index (χ4n) is 1.09. The lowest BCUT2D eigenvalue weighted by Gasteiger charge is -2.19. The minimum atomic E-state index is 0.0219. The molecule has 0 fully saturated rings. The maximum Gasteiger partial charge on any atom is 0.261 e.